The third-order valence-corrected chi connectivity index (χ3v) is 2.04. The molecule has 1 rings (SSSR count). The van der Waals surface area contributed by atoms with Gasteiger partial charge in [0.15, 0.2) is 5.69 Å². The summed E-state index contributed by atoms with van der Waals surface area (Å²) < 4.78 is 1.63. The molecule has 1 heterocycles. The molecule has 0 aliphatic carbocycles. The molecule has 0 saturated heterocycles. The Morgan fingerprint density at radius 3 is 3.00 bits per heavy atom. The van der Waals surface area contributed by atoms with E-state index in [-0.39, 0.29) is 17.6 Å². The van der Waals surface area contributed by atoms with Crippen LogP contribution in [0, 0.1) is 0 Å². The predicted molar refractivity (Wildman–Crippen MR) is 59.4 cm³/mol. The Balaban J connectivity index is 2.81. The summed E-state index contributed by atoms with van der Waals surface area (Å²) in [6.07, 6.45) is 3.29. The van der Waals surface area contributed by atoms with E-state index in [1.54, 1.807) is 17.0 Å². The number of hydrogen-bond donors (Lipinski definition) is 2. The van der Waals surface area contributed by atoms with Crippen LogP contribution in [0.3, 0.4) is 0 Å². The van der Waals surface area contributed by atoms with Crippen molar-refractivity contribution in [1.29, 1.82) is 0 Å². The standard InChI is InChI=1S/C10H16N4O/c1-4-7(3)12-10(15)9-8(11)6-14(5-2)13-9/h4,6-7H,1,5,11H2,2-3H3,(H,12,15). The van der Waals surface area contributed by atoms with Crippen LogP contribution in [0.1, 0.15) is 24.3 Å². The van der Waals surface area contributed by atoms with E-state index >= 15 is 0 Å². The zero-order valence-electron chi connectivity index (χ0n) is 9.03. The number of carbonyl (C=O) groups is 1. The molecule has 5 nitrogen and oxygen atoms in total. The summed E-state index contributed by atoms with van der Waals surface area (Å²) in [6, 6.07) is -0.0938. The molecule has 0 aliphatic rings. The van der Waals surface area contributed by atoms with Gasteiger partial charge in [-0.3, -0.25) is 9.48 Å². The number of nitrogen functional groups attached to an aromatic ring is 1. The fraction of sp³-hybridized carbons (Fsp3) is 0.400. The van der Waals surface area contributed by atoms with Gasteiger partial charge in [0.2, 0.25) is 0 Å². The zero-order valence-corrected chi connectivity index (χ0v) is 9.03. The van der Waals surface area contributed by atoms with Crippen LogP contribution in [0.15, 0.2) is 18.9 Å². The zero-order chi connectivity index (χ0) is 11.4. The predicted octanol–water partition coefficient (Wildman–Crippen LogP) is 0.789. The highest BCUT2D eigenvalue weighted by atomic mass is 16.2. The van der Waals surface area contributed by atoms with Gasteiger partial charge < -0.3 is 11.1 Å². The van der Waals surface area contributed by atoms with Crippen molar-refractivity contribution in [3.8, 4) is 0 Å². The minimum Gasteiger partial charge on any atom is -0.396 e. The maximum Gasteiger partial charge on any atom is 0.274 e. The molecule has 1 aromatic heterocycles. The second-order valence-corrected chi connectivity index (χ2v) is 3.29. The normalized spacial score (nSPS) is 12.1. The summed E-state index contributed by atoms with van der Waals surface area (Å²) in [7, 11) is 0. The number of nitrogens with zero attached hydrogens (tertiary/aromatic N) is 2. The first-order valence-corrected chi connectivity index (χ1v) is 4.84. The van der Waals surface area contributed by atoms with Gasteiger partial charge >= 0.3 is 0 Å². The molecule has 1 amide bonds. The third kappa shape index (κ3) is 2.59. The number of hydrogen-bond acceptors (Lipinski definition) is 3. The number of aryl methyl sites for hydroxylation is 1. The summed E-state index contributed by atoms with van der Waals surface area (Å²) in [5, 5.41) is 6.77. The van der Waals surface area contributed by atoms with E-state index in [9.17, 15) is 4.79 Å². The maximum absolute atomic E-state index is 11.6. The number of nitrogens with one attached hydrogen (secondary N) is 1. The monoisotopic (exact) mass is 208 g/mol. The van der Waals surface area contributed by atoms with Crippen LogP contribution in [-0.4, -0.2) is 21.7 Å². The summed E-state index contributed by atoms with van der Waals surface area (Å²) in [5.74, 6) is -0.271. The van der Waals surface area contributed by atoms with Gasteiger partial charge in [-0.25, -0.2) is 0 Å². The lowest BCUT2D eigenvalue weighted by molar-refractivity contribution is 0.0942. The highest BCUT2D eigenvalue weighted by Gasteiger charge is 2.15. The van der Waals surface area contributed by atoms with Gasteiger partial charge in [0, 0.05) is 18.8 Å². The topological polar surface area (TPSA) is 72.9 Å². The van der Waals surface area contributed by atoms with Crippen molar-refractivity contribution in [3.63, 3.8) is 0 Å². The Kier molecular flexibility index (Phi) is 3.49. The highest BCUT2D eigenvalue weighted by Crippen LogP contribution is 2.08. The van der Waals surface area contributed by atoms with E-state index < -0.39 is 0 Å². The van der Waals surface area contributed by atoms with Crippen molar-refractivity contribution in [2.75, 3.05) is 5.73 Å². The molecule has 5 heteroatoms. The Morgan fingerprint density at radius 2 is 2.53 bits per heavy atom. The number of aromatic nitrogens is 2. The van der Waals surface area contributed by atoms with Crippen molar-refractivity contribution < 1.29 is 4.79 Å². The van der Waals surface area contributed by atoms with E-state index in [1.165, 1.54) is 0 Å². The molecule has 1 aromatic rings. The molecule has 0 aromatic carbocycles. The van der Waals surface area contributed by atoms with Gasteiger partial charge in [-0.2, -0.15) is 5.10 Å². The number of amides is 1. The lowest BCUT2D eigenvalue weighted by Gasteiger charge is -2.07. The molecule has 0 aliphatic heterocycles. The fourth-order valence-electron chi connectivity index (χ4n) is 1.11. The average Bonchev–Trinajstić information content (AvgIpc) is 2.59. The lowest BCUT2D eigenvalue weighted by Crippen LogP contribution is -2.31. The van der Waals surface area contributed by atoms with Crippen molar-refractivity contribution in [3.05, 3.63) is 24.5 Å². The molecule has 15 heavy (non-hydrogen) atoms. The largest absolute Gasteiger partial charge is 0.396 e. The molecule has 0 radical (unpaired) electrons. The Bertz CT molecular complexity index is 369. The van der Waals surface area contributed by atoms with E-state index in [1.807, 2.05) is 13.8 Å². The van der Waals surface area contributed by atoms with Gasteiger partial charge in [0.1, 0.15) is 0 Å². The van der Waals surface area contributed by atoms with Gasteiger partial charge in [-0.15, -0.1) is 6.58 Å². The summed E-state index contributed by atoms with van der Waals surface area (Å²) in [4.78, 5) is 11.6. The van der Waals surface area contributed by atoms with E-state index in [2.05, 4.69) is 17.0 Å². The van der Waals surface area contributed by atoms with E-state index in [4.69, 9.17) is 5.73 Å². The van der Waals surface area contributed by atoms with Crippen LogP contribution in [0.2, 0.25) is 0 Å². The van der Waals surface area contributed by atoms with E-state index in [0.29, 0.717) is 12.2 Å². The molecule has 3 N–H and O–H groups in total. The van der Waals surface area contributed by atoms with Crippen LogP contribution in [0.4, 0.5) is 5.69 Å². The second kappa shape index (κ2) is 4.63. The highest BCUT2D eigenvalue weighted by molar-refractivity contribution is 5.97. The number of rotatable bonds is 4. The van der Waals surface area contributed by atoms with Crippen molar-refractivity contribution in [2.24, 2.45) is 0 Å². The SMILES string of the molecule is C=CC(C)NC(=O)c1nn(CC)cc1N. The molecule has 0 saturated carbocycles. The minimum atomic E-state index is -0.271. The third-order valence-electron chi connectivity index (χ3n) is 2.04. The quantitative estimate of drug-likeness (QED) is 0.718. The molecule has 0 spiro atoms. The summed E-state index contributed by atoms with van der Waals surface area (Å²) in [5.41, 5.74) is 6.33. The average molecular weight is 208 g/mol. The fourth-order valence-corrected chi connectivity index (χ4v) is 1.11. The van der Waals surface area contributed by atoms with Gasteiger partial charge in [-0.05, 0) is 13.8 Å². The Labute approximate surface area is 89.0 Å². The summed E-state index contributed by atoms with van der Waals surface area (Å²) in [6.45, 7) is 8.03. The van der Waals surface area contributed by atoms with Crippen LogP contribution < -0.4 is 11.1 Å². The Hall–Kier alpha value is -1.78. The summed E-state index contributed by atoms with van der Waals surface area (Å²) >= 11 is 0. The van der Waals surface area contributed by atoms with Crippen molar-refractivity contribution in [1.82, 2.24) is 15.1 Å². The van der Waals surface area contributed by atoms with Gasteiger partial charge in [0.05, 0.1) is 5.69 Å². The molecule has 0 bridgehead atoms. The molecular formula is C10H16N4O. The van der Waals surface area contributed by atoms with Crippen molar-refractivity contribution >= 4 is 11.6 Å². The van der Waals surface area contributed by atoms with Crippen LogP contribution >= 0.6 is 0 Å². The number of nitrogens with two attached hydrogens (primary N) is 1. The smallest absolute Gasteiger partial charge is 0.274 e. The van der Waals surface area contributed by atoms with Crippen LogP contribution in [0.5, 0.6) is 0 Å². The van der Waals surface area contributed by atoms with Crippen molar-refractivity contribution in [2.45, 2.75) is 26.4 Å². The van der Waals surface area contributed by atoms with Gasteiger partial charge in [-0.1, -0.05) is 6.08 Å². The number of carbonyl (C=O) groups excluding carboxylic acids is 1. The van der Waals surface area contributed by atoms with Crippen LogP contribution in [0.25, 0.3) is 0 Å². The molecule has 0 fully saturated rings. The second-order valence-electron chi connectivity index (χ2n) is 3.29. The minimum absolute atomic E-state index is 0.0938. The Morgan fingerprint density at radius 1 is 1.87 bits per heavy atom. The number of anilines is 1. The first-order chi connectivity index (χ1) is 7.08. The van der Waals surface area contributed by atoms with Gasteiger partial charge in [0.25, 0.3) is 5.91 Å². The maximum atomic E-state index is 11.6. The molecule has 1 atom stereocenters. The lowest BCUT2D eigenvalue weighted by atomic mass is 10.3. The molecular weight excluding hydrogens is 192 g/mol. The molecule has 82 valence electrons. The molecule has 1 unspecified atom stereocenters. The van der Waals surface area contributed by atoms with Crippen LogP contribution in [-0.2, 0) is 6.54 Å². The van der Waals surface area contributed by atoms with E-state index in [0.717, 1.165) is 0 Å². The first kappa shape index (κ1) is 11.3. The first-order valence-electron chi connectivity index (χ1n) is 4.84.